The van der Waals surface area contributed by atoms with Crippen molar-refractivity contribution >= 4 is 0 Å². The first-order valence-electron chi connectivity index (χ1n) is 5.43. The highest BCUT2D eigenvalue weighted by Gasteiger charge is 2.09. The monoisotopic (exact) mass is 236 g/mol. The Morgan fingerprint density at radius 1 is 1.59 bits per heavy atom. The zero-order chi connectivity index (χ0) is 12.8. The van der Waals surface area contributed by atoms with Crippen molar-refractivity contribution in [2.45, 2.75) is 32.6 Å². The Kier molecular flexibility index (Phi) is 4.88. The molecular formula is C12H16N2O3. The number of aromatic nitrogens is 1. The predicted molar refractivity (Wildman–Crippen MR) is 62.5 cm³/mol. The largest absolute Gasteiger partial charge is 0.389 e. The van der Waals surface area contributed by atoms with E-state index in [9.17, 15) is 9.90 Å². The molecule has 0 aliphatic heterocycles. The molecule has 0 aliphatic carbocycles. The minimum Gasteiger partial charge on any atom is -0.389 e. The van der Waals surface area contributed by atoms with Crippen molar-refractivity contribution in [3.05, 3.63) is 34.2 Å². The lowest BCUT2D eigenvalue weighted by Crippen LogP contribution is -2.30. The Bertz CT molecular complexity index is 460. The molecule has 0 saturated heterocycles. The summed E-state index contributed by atoms with van der Waals surface area (Å²) in [6.07, 6.45) is 0.817. The molecule has 92 valence electrons. The van der Waals surface area contributed by atoms with Gasteiger partial charge < -0.3 is 14.4 Å². The summed E-state index contributed by atoms with van der Waals surface area (Å²) in [5, 5.41) is 18.4. The quantitative estimate of drug-likeness (QED) is 0.808. The van der Waals surface area contributed by atoms with E-state index in [0.717, 1.165) is 0 Å². The van der Waals surface area contributed by atoms with Crippen molar-refractivity contribution in [1.29, 1.82) is 5.26 Å². The van der Waals surface area contributed by atoms with E-state index in [1.54, 1.807) is 12.3 Å². The van der Waals surface area contributed by atoms with Crippen LogP contribution in [0.4, 0.5) is 0 Å². The van der Waals surface area contributed by atoms with Crippen LogP contribution in [0.15, 0.2) is 23.1 Å². The second kappa shape index (κ2) is 6.18. The molecule has 0 radical (unpaired) electrons. The van der Waals surface area contributed by atoms with E-state index in [1.807, 2.05) is 19.9 Å². The maximum absolute atomic E-state index is 11.7. The molecule has 5 heteroatoms. The summed E-state index contributed by atoms with van der Waals surface area (Å²) in [6, 6.07) is 4.87. The lowest BCUT2D eigenvalue weighted by molar-refractivity contribution is -0.00107. The molecule has 1 N–H and O–H groups in total. The number of hydrogen-bond donors (Lipinski definition) is 1. The number of aliphatic hydroxyl groups is 1. The van der Waals surface area contributed by atoms with Crippen molar-refractivity contribution in [2.24, 2.45) is 0 Å². The third-order valence-electron chi connectivity index (χ3n) is 2.17. The van der Waals surface area contributed by atoms with Crippen LogP contribution < -0.4 is 5.56 Å². The number of nitrogens with zero attached hydrogens (tertiary/aromatic N) is 2. The van der Waals surface area contributed by atoms with Gasteiger partial charge in [-0.2, -0.15) is 5.26 Å². The van der Waals surface area contributed by atoms with Crippen LogP contribution in [0.2, 0.25) is 0 Å². The summed E-state index contributed by atoms with van der Waals surface area (Å²) < 4.78 is 6.55. The van der Waals surface area contributed by atoms with Crippen LogP contribution in [0.25, 0.3) is 0 Å². The van der Waals surface area contributed by atoms with Crippen molar-refractivity contribution in [3.8, 4) is 6.07 Å². The fraction of sp³-hybridized carbons (Fsp3) is 0.500. The zero-order valence-corrected chi connectivity index (χ0v) is 9.96. The average molecular weight is 236 g/mol. The molecule has 0 amide bonds. The Morgan fingerprint density at radius 2 is 2.29 bits per heavy atom. The van der Waals surface area contributed by atoms with E-state index >= 15 is 0 Å². The first-order chi connectivity index (χ1) is 8.04. The normalized spacial score (nSPS) is 12.4. The number of rotatable bonds is 5. The van der Waals surface area contributed by atoms with Crippen molar-refractivity contribution in [1.82, 2.24) is 4.57 Å². The fourth-order valence-electron chi connectivity index (χ4n) is 1.35. The lowest BCUT2D eigenvalue weighted by Gasteiger charge is -2.14. The van der Waals surface area contributed by atoms with Crippen molar-refractivity contribution in [2.75, 3.05) is 6.61 Å². The standard InChI is InChI=1S/C12H16N2O3/c1-9(2)17-8-11(15)7-14-5-3-4-10(6-13)12(14)16/h3-5,9,11,15H,7-8H2,1-2H3. The van der Waals surface area contributed by atoms with Gasteiger partial charge in [0.1, 0.15) is 11.6 Å². The molecule has 1 atom stereocenters. The van der Waals surface area contributed by atoms with Gasteiger partial charge in [-0.1, -0.05) is 0 Å². The highest BCUT2D eigenvalue weighted by Crippen LogP contribution is 1.96. The Morgan fingerprint density at radius 3 is 2.88 bits per heavy atom. The molecule has 1 unspecified atom stereocenters. The van der Waals surface area contributed by atoms with E-state index in [2.05, 4.69) is 0 Å². The molecule has 0 fully saturated rings. The molecule has 1 heterocycles. The van der Waals surface area contributed by atoms with Gasteiger partial charge in [-0.25, -0.2) is 0 Å². The third-order valence-corrected chi connectivity index (χ3v) is 2.17. The summed E-state index contributed by atoms with van der Waals surface area (Å²) in [4.78, 5) is 11.7. The summed E-state index contributed by atoms with van der Waals surface area (Å²) >= 11 is 0. The molecule has 17 heavy (non-hydrogen) atoms. The van der Waals surface area contributed by atoms with Gasteiger partial charge in [0.05, 0.1) is 25.4 Å². The zero-order valence-electron chi connectivity index (χ0n) is 9.96. The Balaban J connectivity index is 2.69. The first kappa shape index (κ1) is 13.4. The second-order valence-corrected chi connectivity index (χ2v) is 4.03. The smallest absolute Gasteiger partial charge is 0.268 e. The number of ether oxygens (including phenoxy) is 1. The molecular weight excluding hydrogens is 220 g/mol. The molecule has 1 rings (SSSR count). The minimum absolute atomic E-state index is 0.0341. The van der Waals surface area contributed by atoms with Gasteiger partial charge in [-0.15, -0.1) is 0 Å². The van der Waals surface area contributed by atoms with E-state index in [-0.39, 0.29) is 24.8 Å². The van der Waals surface area contributed by atoms with Crippen LogP contribution in [-0.4, -0.2) is 28.5 Å². The molecule has 0 bridgehead atoms. The second-order valence-electron chi connectivity index (χ2n) is 4.03. The SMILES string of the molecule is CC(C)OCC(O)Cn1cccc(C#N)c1=O. The van der Waals surface area contributed by atoms with Crippen LogP contribution in [0.3, 0.4) is 0 Å². The van der Waals surface area contributed by atoms with E-state index in [1.165, 1.54) is 10.6 Å². The van der Waals surface area contributed by atoms with Gasteiger partial charge in [0.15, 0.2) is 0 Å². The van der Waals surface area contributed by atoms with Gasteiger partial charge in [-0.05, 0) is 26.0 Å². The minimum atomic E-state index is -0.760. The maximum atomic E-state index is 11.7. The summed E-state index contributed by atoms with van der Waals surface area (Å²) in [5.74, 6) is 0. The number of nitriles is 1. The summed E-state index contributed by atoms with van der Waals surface area (Å²) in [7, 11) is 0. The van der Waals surface area contributed by atoms with Gasteiger partial charge in [-0.3, -0.25) is 4.79 Å². The number of aliphatic hydroxyl groups excluding tert-OH is 1. The van der Waals surface area contributed by atoms with Crippen LogP contribution >= 0.6 is 0 Å². The molecule has 5 nitrogen and oxygen atoms in total. The average Bonchev–Trinajstić information content (AvgIpc) is 2.29. The maximum Gasteiger partial charge on any atom is 0.268 e. The molecule has 0 saturated carbocycles. The van der Waals surface area contributed by atoms with E-state index in [0.29, 0.717) is 0 Å². The van der Waals surface area contributed by atoms with Crippen LogP contribution in [0.5, 0.6) is 0 Å². The molecule has 0 aromatic carbocycles. The van der Waals surface area contributed by atoms with Gasteiger partial charge in [0.2, 0.25) is 0 Å². The Hall–Kier alpha value is -1.64. The molecule has 0 aliphatic rings. The predicted octanol–water partition coefficient (Wildman–Crippen LogP) is 0.506. The van der Waals surface area contributed by atoms with Gasteiger partial charge in [0, 0.05) is 6.20 Å². The van der Waals surface area contributed by atoms with Gasteiger partial charge in [0.25, 0.3) is 5.56 Å². The molecule has 1 aromatic heterocycles. The van der Waals surface area contributed by atoms with E-state index in [4.69, 9.17) is 10.00 Å². The molecule has 1 aromatic rings. The highest BCUT2D eigenvalue weighted by atomic mass is 16.5. The topological polar surface area (TPSA) is 75.2 Å². The van der Waals surface area contributed by atoms with Crippen molar-refractivity contribution in [3.63, 3.8) is 0 Å². The third kappa shape index (κ3) is 4.02. The fourth-order valence-corrected chi connectivity index (χ4v) is 1.35. The lowest BCUT2D eigenvalue weighted by atomic mass is 10.3. The summed E-state index contributed by atoms with van der Waals surface area (Å²) in [6.45, 7) is 4.03. The summed E-state index contributed by atoms with van der Waals surface area (Å²) in [5.41, 5.74) is -0.317. The van der Waals surface area contributed by atoms with Crippen LogP contribution in [0.1, 0.15) is 19.4 Å². The van der Waals surface area contributed by atoms with Crippen LogP contribution in [0, 0.1) is 11.3 Å². The number of hydrogen-bond acceptors (Lipinski definition) is 4. The van der Waals surface area contributed by atoms with Gasteiger partial charge >= 0.3 is 0 Å². The first-order valence-corrected chi connectivity index (χ1v) is 5.43. The van der Waals surface area contributed by atoms with Crippen LogP contribution in [-0.2, 0) is 11.3 Å². The molecule has 0 spiro atoms. The highest BCUT2D eigenvalue weighted by molar-refractivity contribution is 5.24. The Labute approximate surface area is 99.9 Å². The van der Waals surface area contributed by atoms with E-state index < -0.39 is 11.7 Å². The van der Waals surface area contributed by atoms with Crippen molar-refractivity contribution < 1.29 is 9.84 Å². The number of pyridine rings is 1.